The van der Waals surface area contributed by atoms with Gasteiger partial charge in [0.1, 0.15) is 11.9 Å². The quantitative estimate of drug-likeness (QED) is 0.311. The van der Waals surface area contributed by atoms with Crippen molar-refractivity contribution in [1.82, 2.24) is 21.0 Å². The zero-order valence-corrected chi connectivity index (χ0v) is 20.9. The van der Waals surface area contributed by atoms with Crippen molar-refractivity contribution in [1.29, 1.82) is 5.26 Å². The zero-order chi connectivity index (χ0) is 25.1. The summed E-state index contributed by atoms with van der Waals surface area (Å²) >= 11 is 6.74. The molecule has 0 spiro atoms. The molecule has 2 bridgehead atoms. The number of fused-ring (bicyclic) bond motifs is 1. The summed E-state index contributed by atoms with van der Waals surface area (Å²) in [5.41, 5.74) is 11.4. The summed E-state index contributed by atoms with van der Waals surface area (Å²) in [7, 11) is 0. The second kappa shape index (κ2) is 8.51. The molecule has 4 saturated carbocycles. The van der Waals surface area contributed by atoms with Gasteiger partial charge < -0.3 is 16.1 Å². The SMILES string of the molecule is N#Cc1cnc2c(Cl)cc(N[C@H](C3=CN(C4CC4)NN3)c3ccc(F)cc3)cc2c1NCC12CC(C1)C2. The first-order valence-electron chi connectivity index (χ1n) is 12.8. The molecular formula is C28H27ClFN7. The molecule has 0 saturated heterocycles. The minimum atomic E-state index is -0.283. The van der Waals surface area contributed by atoms with E-state index in [9.17, 15) is 9.65 Å². The third-order valence-corrected chi connectivity index (χ3v) is 8.51. The molecule has 0 radical (unpaired) electrons. The van der Waals surface area contributed by atoms with E-state index in [1.54, 1.807) is 18.3 Å². The molecule has 2 heterocycles. The lowest BCUT2D eigenvalue weighted by molar-refractivity contribution is -0.0929. The largest absolute Gasteiger partial charge is 0.383 e. The second-order valence-corrected chi connectivity index (χ2v) is 11.3. The van der Waals surface area contributed by atoms with Crippen LogP contribution in [0.2, 0.25) is 5.02 Å². The number of hydrazine groups is 2. The number of anilines is 2. The Labute approximate surface area is 219 Å². The van der Waals surface area contributed by atoms with Gasteiger partial charge in [0.15, 0.2) is 0 Å². The maximum Gasteiger partial charge on any atom is 0.123 e. The predicted octanol–water partition coefficient (Wildman–Crippen LogP) is 5.59. The predicted molar refractivity (Wildman–Crippen MR) is 142 cm³/mol. The summed E-state index contributed by atoms with van der Waals surface area (Å²) in [6.45, 7) is 0.851. The van der Waals surface area contributed by atoms with Gasteiger partial charge in [-0.25, -0.2) is 4.39 Å². The molecule has 1 atom stereocenters. The van der Waals surface area contributed by atoms with E-state index >= 15 is 0 Å². The average Bonchev–Trinajstić information content (AvgIpc) is 3.58. The molecule has 4 N–H and O–H groups in total. The van der Waals surface area contributed by atoms with E-state index in [1.807, 2.05) is 12.1 Å². The highest BCUT2D eigenvalue weighted by Crippen LogP contribution is 2.64. The topological polar surface area (TPSA) is 88.0 Å². The Bertz CT molecular complexity index is 1440. The molecule has 9 heteroatoms. The summed E-state index contributed by atoms with van der Waals surface area (Å²) in [6, 6.07) is 12.8. The van der Waals surface area contributed by atoms with Crippen LogP contribution in [-0.4, -0.2) is 22.6 Å². The van der Waals surface area contributed by atoms with E-state index in [2.05, 4.69) is 43.9 Å². The first-order valence-corrected chi connectivity index (χ1v) is 13.2. The molecule has 3 aromatic rings. The number of aromatic nitrogens is 1. The first kappa shape index (κ1) is 22.6. The zero-order valence-electron chi connectivity index (χ0n) is 20.2. The number of nitrogens with one attached hydrogen (secondary N) is 4. The highest BCUT2D eigenvalue weighted by Gasteiger charge is 2.56. The van der Waals surface area contributed by atoms with Crippen LogP contribution < -0.4 is 21.6 Å². The van der Waals surface area contributed by atoms with Crippen molar-refractivity contribution in [2.75, 3.05) is 17.2 Å². The fourth-order valence-electron chi connectivity index (χ4n) is 5.97. The average molecular weight is 516 g/mol. The molecule has 1 aromatic heterocycles. The maximum absolute atomic E-state index is 13.7. The highest BCUT2D eigenvalue weighted by molar-refractivity contribution is 6.35. The van der Waals surface area contributed by atoms with Crippen LogP contribution in [0.5, 0.6) is 0 Å². The van der Waals surface area contributed by atoms with Gasteiger partial charge >= 0.3 is 0 Å². The van der Waals surface area contributed by atoms with E-state index in [4.69, 9.17) is 11.6 Å². The van der Waals surface area contributed by atoms with E-state index in [-0.39, 0.29) is 11.9 Å². The first-order chi connectivity index (χ1) is 18.0. The maximum atomic E-state index is 13.7. The second-order valence-electron chi connectivity index (χ2n) is 10.9. The Balaban J connectivity index is 1.25. The van der Waals surface area contributed by atoms with Gasteiger partial charge in [0.25, 0.3) is 0 Å². The fourth-order valence-corrected chi connectivity index (χ4v) is 6.24. The number of rotatable bonds is 8. The van der Waals surface area contributed by atoms with E-state index in [1.165, 1.54) is 31.4 Å². The van der Waals surface area contributed by atoms with Gasteiger partial charge in [-0.1, -0.05) is 23.7 Å². The minimum absolute atomic E-state index is 0.281. The lowest BCUT2D eigenvalue weighted by atomic mass is 9.44. The van der Waals surface area contributed by atoms with Crippen molar-refractivity contribution in [3.63, 3.8) is 0 Å². The fraction of sp³-hybridized carbons (Fsp3) is 0.357. The summed E-state index contributed by atoms with van der Waals surface area (Å²) in [4.78, 5) is 4.50. The Morgan fingerprint density at radius 3 is 2.68 bits per heavy atom. The number of hydrogen-bond donors (Lipinski definition) is 4. The molecule has 8 rings (SSSR count). The number of benzene rings is 2. The van der Waals surface area contributed by atoms with Crippen LogP contribution >= 0.6 is 11.6 Å². The van der Waals surface area contributed by atoms with Gasteiger partial charge in [0.05, 0.1) is 33.5 Å². The third-order valence-electron chi connectivity index (χ3n) is 8.22. The molecule has 4 aliphatic carbocycles. The molecule has 7 nitrogen and oxygen atoms in total. The van der Waals surface area contributed by atoms with Gasteiger partial charge in [-0.15, -0.1) is 5.53 Å². The van der Waals surface area contributed by atoms with E-state index < -0.39 is 0 Å². The standard InChI is InChI=1S/C28H27ClFN7/c29-23-8-20(7-22-25(18(12-31)13-32-27(22)23)33-15-28-9-16(10-28)11-28)34-26(17-1-3-19(30)4-2-17)24-14-37(36-35-24)21-5-6-21/h1-4,7-8,13-14,16,21,26,34-36H,5-6,9-11,15H2,(H,32,33)/t16?,26-,28?/m0/s1. The van der Waals surface area contributed by atoms with Crippen LogP contribution in [0.4, 0.5) is 15.8 Å². The van der Waals surface area contributed by atoms with Gasteiger partial charge in [-0.2, -0.15) is 5.26 Å². The molecule has 4 fully saturated rings. The van der Waals surface area contributed by atoms with E-state index in [0.29, 0.717) is 27.6 Å². The smallest absolute Gasteiger partial charge is 0.123 e. The Morgan fingerprint density at radius 1 is 1.22 bits per heavy atom. The summed E-state index contributed by atoms with van der Waals surface area (Å²) in [6.07, 6.45) is 9.77. The van der Waals surface area contributed by atoms with Gasteiger partial charge in [0.2, 0.25) is 0 Å². The minimum Gasteiger partial charge on any atom is -0.383 e. The van der Waals surface area contributed by atoms with Crippen LogP contribution in [0.1, 0.15) is 49.3 Å². The van der Waals surface area contributed by atoms with Crippen molar-refractivity contribution in [2.24, 2.45) is 11.3 Å². The molecule has 5 aliphatic rings. The summed E-state index contributed by atoms with van der Waals surface area (Å²) in [5.74, 6) is 0.612. The molecule has 37 heavy (non-hydrogen) atoms. The van der Waals surface area contributed by atoms with Crippen LogP contribution in [0, 0.1) is 28.5 Å². The Kier molecular flexibility index (Phi) is 5.20. The molecule has 1 aliphatic heterocycles. The lowest BCUT2D eigenvalue weighted by Crippen LogP contribution is -2.55. The van der Waals surface area contributed by atoms with Crippen LogP contribution in [0.3, 0.4) is 0 Å². The molecule has 2 aromatic carbocycles. The van der Waals surface area contributed by atoms with Crippen LogP contribution in [-0.2, 0) is 0 Å². The van der Waals surface area contributed by atoms with Gasteiger partial charge in [-0.3, -0.25) is 9.99 Å². The molecular weight excluding hydrogens is 489 g/mol. The number of hydrogen-bond acceptors (Lipinski definition) is 7. The molecule has 188 valence electrons. The number of pyridine rings is 1. The van der Waals surface area contributed by atoms with Crippen molar-refractivity contribution >= 4 is 33.9 Å². The van der Waals surface area contributed by atoms with Crippen molar-refractivity contribution in [2.45, 2.75) is 44.2 Å². The summed E-state index contributed by atoms with van der Waals surface area (Å²) < 4.78 is 13.7. The third kappa shape index (κ3) is 4.03. The van der Waals surface area contributed by atoms with Gasteiger partial charge in [0, 0.05) is 36.1 Å². The van der Waals surface area contributed by atoms with Crippen molar-refractivity contribution in [3.05, 3.63) is 76.5 Å². The van der Waals surface area contributed by atoms with Crippen LogP contribution in [0.25, 0.3) is 10.9 Å². The molecule has 0 amide bonds. The lowest BCUT2D eigenvalue weighted by Gasteiger charge is -2.62. The number of nitriles is 1. The Hall–Kier alpha value is -3.54. The van der Waals surface area contributed by atoms with Crippen LogP contribution in [0.15, 0.2) is 54.5 Å². The summed E-state index contributed by atoms with van der Waals surface area (Å²) in [5, 5.41) is 20.4. The van der Waals surface area contributed by atoms with Gasteiger partial charge in [-0.05, 0) is 73.3 Å². The molecule has 0 unspecified atom stereocenters. The van der Waals surface area contributed by atoms with Crippen molar-refractivity contribution < 1.29 is 4.39 Å². The Morgan fingerprint density at radius 2 is 2.00 bits per heavy atom. The van der Waals surface area contributed by atoms with Crippen molar-refractivity contribution in [3.8, 4) is 6.07 Å². The monoisotopic (exact) mass is 515 g/mol. The highest BCUT2D eigenvalue weighted by atomic mass is 35.5. The number of halogens is 2. The normalized spacial score (nSPS) is 24.4. The number of nitrogens with zero attached hydrogens (tertiary/aromatic N) is 3. The van der Waals surface area contributed by atoms with E-state index in [0.717, 1.165) is 53.3 Å².